The second-order valence-corrected chi connectivity index (χ2v) is 7.77. The molecule has 6 nitrogen and oxygen atoms in total. The van der Waals surface area contributed by atoms with E-state index in [4.69, 9.17) is 0 Å². The molecule has 1 saturated heterocycles. The number of carbonyl (C=O) groups excluding carboxylic acids is 1. The first-order valence-corrected chi connectivity index (χ1v) is 9.55. The van der Waals surface area contributed by atoms with Crippen LogP contribution in [0.3, 0.4) is 0 Å². The second kappa shape index (κ2) is 8.08. The number of hydrogen-bond acceptors (Lipinski definition) is 3. The number of nitrogens with one attached hydrogen (secondary N) is 1. The molecule has 2 unspecified atom stereocenters. The summed E-state index contributed by atoms with van der Waals surface area (Å²) in [6.07, 6.45) is 2.91. The molecule has 0 radical (unpaired) electrons. The van der Waals surface area contributed by atoms with Gasteiger partial charge in [-0.3, -0.25) is 4.90 Å². The normalized spacial score (nSPS) is 27.1. The van der Waals surface area contributed by atoms with Crippen LogP contribution in [0.2, 0.25) is 0 Å². The molecule has 1 heterocycles. The summed E-state index contributed by atoms with van der Waals surface area (Å²) in [6, 6.07) is 10.1. The van der Waals surface area contributed by atoms with Crippen molar-refractivity contribution in [3.8, 4) is 0 Å². The Bertz CT molecular complexity index is 628. The molecule has 6 heteroatoms. The van der Waals surface area contributed by atoms with Gasteiger partial charge < -0.3 is 15.3 Å². The van der Waals surface area contributed by atoms with Crippen LogP contribution >= 0.6 is 0 Å². The summed E-state index contributed by atoms with van der Waals surface area (Å²) in [5.74, 6) is -0.581. The number of aliphatic carboxylic acids is 1. The Balaban J connectivity index is 1.53. The number of urea groups is 1. The zero-order chi connectivity index (χ0) is 18.6. The number of rotatable bonds is 4. The van der Waals surface area contributed by atoms with E-state index >= 15 is 0 Å². The molecule has 142 valence electrons. The van der Waals surface area contributed by atoms with Crippen molar-refractivity contribution in [2.45, 2.75) is 44.7 Å². The molecule has 3 rings (SSSR count). The van der Waals surface area contributed by atoms with Crippen molar-refractivity contribution < 1.29 is 14.7 Å². The molecule has 1 saturated carbocycles. The Morgan fingerprint density at radius 2 is 1.88 bits per heavy atom. The summed E-state index contributed by atoms with van der Waals surface area (Å²) in [6.45, 7) is 5.81. The zero-order valence-corrected chi connectivity index (χ0v) is 15.5. The SMILES string of the molecule is CC1CCCC(NC(=O)N2CCN(Cc3ccccc3)CC2)(C(=O)O)C1. The van der Waals surface area contributed by atoms with Crippen molar-refractivity contribution in [1.82, 2.24) is 15.1 Å². The minimum Gasteiger partial charge on any atom is -0.480 e. The largest absolute Gasteiger partial charge is 0.480 e. The van der Waals surface area contributed by atoms with Gasteiger partial charge in [-0.25, -0.2) is 9.59 Å². The molecule has 2 amide bonds. The summed E-state index contributed by atoms with van der Waals surface area (Å²) in [5.41, 5.74) is 0.169. The average molecular weight is 359 g/mol. The predicted molar refractivity (Wildman–Crippen MR) is 99.8 cm³/mol. The van der Waals surface area contributed by atoms with Gasteiger partial charge in [-0.1, -0.05) is 50.1 Å². The maximum Gasteiger partial charge on any atom is 0.329 e. The fourth-order valence-corrected chi connectivity index (χ4v) is 4.15. The number of piperazine rings is 1. The number of nitrogens with zero attached hydrogens (tertiary/aromatic N) is 2. The van der Waals surface area contributed by atoms with Gasteiger partial charge in [0.05, 0.1) is 0 Å². The molecule has 2 N–H and O–H groups in total. The highest BCUT2D eigenvalue weighted by Crippen LogP contribution is 2.32. The van der Waals surface area contributed by atoms with E-state index in [2.05, 4.69) is 29.3 Å². The summed E-state index contributed by atoms with van der Waals surface area (Å²) in [7, 11) is 0. The maximum absolute atomic E-state index is 12.7. The van der Waals surface area contributed by atoms with Gasteiger partial charge in [0.25, 0.3) is 0 Å². The van der Waals surface area contributed by atoms with E-state index in [0.717, 1.165) is 32.5 Å². The predicted octanol–water partition coefficient (Wildman–Crippen LogP) is 2.55. The number of amides is 2. The quantitative estimate of drug-likeness (QED) is 0.867. The van der Waals surface area contributed by atoms with E-state index < -0.39 is 11.5 Å². The first kappa shape index (κ1) is 18.7. The van der Waals surface area contributed by atoms with Crippen molar-refractivity contribution in [3.05, 3.63) is 35.9 Å². The molecule has 1 aliphatic carbocycles. The van der Waals surface area contributed by atoms with Gasteiger partial charge in [0.2, 0.25) is 0 Å². The van der Waals surface area contributed by atoms with Crippen LogP contribution in [0.4, 0.5) is 4.79 Å². The minimum atomic E-state index is -1.10. The molecule has 2 fully saturated rings. The Hall–Kier alpha value is -2.08. The minimum absolute atomic E-state index is 0.235. The number of carbonyl (C=O) groups is 2. The van der Waals surface area contributed by atoms with Gasteiger partial charge in [0, 0.05) is 32.7 Å². The van der Waals surface area contributed by atoms with Crippen LogP contribution in [0.5, 0.6) is 0 Å². The van der Waals surface area contributed by atoms with Crippen molar-refractivity contribution in [3.63, 3.8) is 0 Å². The Morgan fingerprint density at radius 1 is 1.19 bits per heavy atom. The number of carboxylic acid groups (broad SMARTS) is 1. The third-order valence-electron chi connectivity index (χ3n) is 5.66. The van der Waals surface area contributed by atoms with E-state index in [0.29, 0.717) is 31.8 Å². The van der Waals surface area contributed by atoms with E-state index in [-0.39, 0.29) is 6.03 Å². The molecule has 1 aromatic carbocycles. The summed E-state index contributed by atoms with van der Waals surface area (Å²) < 4.78 is 0. The van der Waals surface area contributed by atoms with E-state index in [9.17, 15) is 14.7 Å². The van der Waals surface area contributed by atoms with Gasteiger partial charge in [0.1, 0.15) is 5.54 Å². The second-order valence-electron chi connectivity index (χ2n) is 7.77. The molecule has 26 heavy (non-hydrogen) atoms. The van der Waals surface area contributed by atoms with E-state index in [1.54, 1.807) is 4.90 Å². The van der Waals surface area contributed by atoms with Crippen molar-refractivity contribution in [1.29, 1.82) is 0 Å². The van der Waals surface area contributed by atoms with Crippen molar-refractivity contribution in [2.75, 3.05) is 26.2 Å². The van der Waals surface area contributed by atoms with Crippen molar-refractivity contribution in [2.24, 2.45) is 5.92 Å². The maximum atomic E-state index is 12.7. The lowest BCUT2D eigenvalue weighted by Crippen LogP contribution is -2.61. The summed E-state index contributed by atoms with van der Waals surface area (Å²) >= 11 is 0. The standard InChI is InChI=1S/C20H29N3O3/c1-16-6-5-9-20(14-16,18(24)25)21-19(26)23-12-10-22(11-13-23)15-17-7-3-2-4-8-17/h2-4,7-8,16H,5-6,9-15H2,1H3,(H,21,26)(H,24,25). The smallest absolute Gasteiger partial charge is 0.329 e. The van der Waals surface area contributed by atoms with Gasteiger partial charge in [-0.15, -0.1) is 0 Å². The van der Waals surface area contributed by atoms with Crippen molar-refractivity contribution >= 4 is 12.0 Å². The lowest BCUT2D eigenvalue weighted by Gasteiger charge is -2.40. The summed E-state index contributed by atoms with van der Waals surface area (Å²) in [4.78, 5) is 28.6. The molecular weight excluding hydrogens is 330 g/mol. The first-order chi connectivity index (χ1) is 12.5. The van der Waals surface area contributed by atoms with Crippen LogP contribution in [-0.2, 0) is 11.3 Å². The Kier molecular flexibility index (Phi) is 5.81. The van der Waals surface area contributed by atoms with E-state index in [1.165, 1.54) is 5.56 Å². The molecular formula is C20H29N3O3. The first-order valence-electron chi connectivity index (χ1n) is 9.55. The molecule has 0 spiro atoms. The number of benzene rings is 1. The molecule has 2 atom stereocenters. The lowest BCUT2D eigenvalue weighted by molar-refractivity contribution is -0.146. The van der Waals surface area contributed by atoms with Gasteiger partial charge >= 0.3 is 12.0 Å². The van der Waals surface area contributed by atoms with Crippen LogP contribution in [0.25, 0.3) is 0 Å². The summed E-state index contributed by atoms with van der Waals surface area (Å²) in [5, 5.41) is 12.6. The zero-order valence-electron chi connectivity index (χ0n) is 15.5. The molecule has 1 aliphatic heterocycles. The highest BCUT2D eigenvalue weighted by Gasteiger charge is 2.44. The Labute approximate surface area is 155 Å². The molecule has 0 aromatic heterocycles. The third kappa shape index (κ3) is 4.36. The van der Waals surface area contributed by atoms with E-state index in [1.807, 2.05) is 18.2 Å². The van der Waals surface area contributed by atoms with Gasteiger partial charge in [0.15, 0.2) is 0 Å². The highest BCUT2D eigenvalue weighted by molar-refractivity contribution is 5.86. The number of carboxylic acids is 1. The van der Waals surface area contributed by atoms with Crippen LogP contribution in [0, 0.1) is 5.92 Å². The topological polar surface area (TPSA) is 72.9 Å². The molecule has 2 aliphatic rings. The third-order valence-corrected chi connectivity index (χ3v) is 5.66. The highest BCUT2D eigenvalue weighted by atomic mass is 16.4. The van der Waals surface area contributed by atoms with Crippen LogP contribution in [0.15, 0.2) is 30.3 Å². The van der Waals surface area contributed by atoms with Crippen LogP contribution in [0.1, 0.15) is 38.2 Å². The average Bonchev–Trinajstić information content (AvgIpc) is 2.63. The fourth-order valence-electron chi connectivity index (χ4n) is 4.15. The van der Waals surface area contributed by atoms with Crippen LogP contribution < -0.4 is 5.32 Å². The van der Waals surface area contributed by atoms with Gasteiger partial charge in [-0.2, -0.15) is 0 Å². The number of hydrogen-bond donors (Lipinski definition) is 2. The lowest BCUT2D eigenvalue weighted by atomic mass is 9.76. The Morgan fingerprint density at radius 3 is 2.50 bits per heavy atom. The fraction of sp³-hybridized carbons (Fsp3) is 0.600. The van der Waals surface area contributed by atoms with Crippen LogP contribution in [-0.4, -0.2) is 58.6 Å². The monoisotopic (exact) mass is 359 g/mol. The molecule has 1 aromatic rings. The molecule has 0 bridgehead atoms. The van der Waals surface area contributed by atoms with Gasteiger partial charge in [-0.05, 0) is 24.3 Å².